The molecule has 0 unspecified atom stereocenters. The molecule has 0 radical (unpaired) electrons. The highest BCUT2D eigenvalue weighted by Crippen LogP contribution is 2.02. The van der Waals surface area contributed by atoms with Gasteiger partial charge < -0.3 is 21.3 Å². The van der Waals surface area contributed by atoms with E-state index in [-0.39, 0.29) is 6.03 Å². The van der Waals surface area contributed by atoms with Crippen molar-refractivity contribution in [3.05, 3.63) is 0 Å². The van der Waals surface area contributed by atoms with Gasteiger partial charge in [-0.25, -0.2) is 4.79 Å². The molecule has 1 heterocycles. The summed E-state index contributed by atoms with van der Waals surface area (Å²) in [6.07, 6.45) is 0.874. The molecule has 0 saturated carbocycles. The number of aliphatic imine (C=N–C) groups is 1. The van der Waals surface area contributed by atoms with Crippen LogP contribution in [0.25, 0.3) is 0 Å². The van der Waals surface area contributed by atoms with Gasteiger partial charge in [0.15, 0.2) is 5.96 Å². The van der Waals surface area contributed by atoms with Gasteiger partial charge in [0.05, 0.1) is 0 Å². The molecule has 80 valence electrons. The zero-order chi connectivity index (χ0) is 10.6. The smallest absolute Gasteiger partial charge is 0.314 e. The Morgan fingerprint density at radius 1 is 1.14 bits per heavy atom. The van der Waals surface area contributed by atoms with Crippen LogP contribution in [0.1, 0.15) is 6.42 Å². The third kappa shape index (κ3) is 2.51. The molecule has 1 aliphatic rings. The summed E-state index contributed by atoms with van der Waals surface area (Å²) in [5, 5.41) is 0. The lowest BCUT2D eigenvalue weighted by molar-refractivity contribution is 0.210. The molecule has 0 aromatic carbocycles. The second-order valence-electron chi connectivity index (χ2n) is 3.25. The number of urea groups is 1. The van der Waals surface area contributed by atoms with E-state index in [1.54, 1.807) is 11.9 Å². The molecule has 0 aromatic heterocycles. The highest BCUT2D eigenvalue weighted by atomic mass is 16.2. The van der Waals surface area contributed by atoms with Crippen molar-refractivity contribution in [3.8, 4) is 0 Å². The van der Waals surface area contributed by atoms with E-state index in [0.29, 0.717) is 25.6 Å². The predicted molar refractivity (Wildman–Crippen MR) is 54.9 cm³/mol. The van der Waals surface area contributed by atoms with Gasteiger partial charge in [-0.1, -0.05) is 0 Å². The lowest BCUT2D eigenvalue weighted by atomic mass is 10.4. The maximum absolute atomic E-state index is 10.9. The minimum Gasteiger partial charge on any atom is -0.370 e. The second-order valence-corrected chi connectivity index (χ2v) is 3.25. The standard InChI is InChI=1S/C8H17N5O/c1-11-7(9)12-3-2-4-13(6-5-12)8(10)14/h2-6H2,1H3,(H2,9,11)(H2,10,14). The number of primary amides is 1. The fourth-order valence-corrected chi connectivity index (χ4v) is 1.51. The molecule has 0 atom stereocenters. The molecular weight excluding hydrogens is 182 g/mol. The number of guanidine groups is 1. The number of nitrogens with two attached hydrogens (primary N) is 2. The molecule has 0 aliphatic carbocycles. The molecule has 14 heavy (non-hydrogen) atoms. The van der Waals surface area contributed by atoms with Crippen molar-refractivity contribution in [2.24, 2.45) is 16.5 Å². The van der Waals surface area contributed by atoms with Gasteiger partial charge in [0, 0.05) is 33.2 Å². The van der Waals surface area contributed by atoms with Crippen LogP contribution in [0.2, 0.25) is 0 Å². The lowest BCUT2D eigenvalue weighted by Crippen LogP contribution is -2.42. The van der Waals surface area contributed by atoms with Gasteiger partial charge in [0.1, 0.15) is 0 Å². The van der Waals surface area contributed by atoms with Crippen molar-refractivity contribution in [1.29, 1.82) is 0 Å². The first-order valence-corrected chi connectivity index (χ1v) is 4.66. The molecule has 0 spiro atoms. The zero-order valence-corrected chi connectivity index (χ0v) is 8.44. The first-order valence-electron chi connectivity index (χ1n) is 4.66. The van der Waals surface area contributed by atoms with E-state index in [0.717, 1.165) is 13.0 Å². The molecular formula is C8H17N5O. The average Bonchev–Trinajstić information content (AvgIpc) is 2.41. The Morgan fingerprint density at radius 2 is 1.71 bits per heavy atom. The van der Waals surface area contributed by atoms with Gasteiger partial charge in [0.2, 0.25) is 0 Å². The van der Waals surface area contributed by atoms with E-state index in [1.807, 2.05) is 4.90 Å². The number of hydrogen-bond donors (Lipinski definition) is 2. The quantitative estimate of drug-likeness (QED) is 0.388. The van der Waals surface area contributed by atoms with Crippen LogP contribution in [0.4, 0.5) is 4.79 Å². The largest absolute Gasteiger partial charge is 0.370 e. The van der Waals surface area contributed by atoms with Crippen LogP contribution >= 0.6 is 0 Å². The van der Waals surface area contributed by atoms with Crippen LogP contribution in [0.15, 0.2) is 4.99 Å². The number of rotatable bonds is 0. The maximum atomic E-state index is 10.9. The van der Waals surface area contributed by atoms with Crippen LogP contribution in [0.3, 0.4) is 0 Å². The molecule has 1 saturated heterocycles. The third-order valence-corrected chi connectivity index (χ3v) is 2.36. The van der Waals surface area contributed by atoms with Crippen LogP contribution in [0.5, 0.6) is 0 Å². The maximum Gasteiger partial charge on any atom is 0.314 e. The second kappa shape index (κ2) is 4.69. The van der Waals surface area contributed by atoms with Gasteiger partial charge in [-0.2, -0.15) is 0 Å². The molecule has 1 fully saturated rings. The Bertz CT molecular complexity index is 240. The molecule has 4 N–H and O–H groups in total. The Morgan fingerprint density at radius 3 is 2.29 bits per heavy atom. The zero-order valence-electron chi connectivity index (χ0n) is 8.44. The Balaban J connectivity index is 2.53. The van der Waals surface area contributed by atoms with E-state index in [1.165, 1.54) is 0 Å². The van der Waals surface area contributed by atoms with Gasteiger partial charge >= 0.3 is 6.03 Å². The first kappa shape index (κ1) is 10.6. The monoisotopic (exact) mass is 199 g/mol. The van der Waals surface area contributed by atoms with Crippen molar-refractivity contribution in [1.82, 2.24) is 9.80 Å². The van der Waals surface area contributed by atoms with Crippen molar-refractivity contribution < 1.29 is 4.79 Å². The predicted octanol–water partition coefficient (Wildman–Crippen LogP) is -0.983. The summed E-state index contributed by atoms with van der Waals surface area (Å²) in [5.41, 5.74) is 10.9. The van der Waals surface area contributed by atoms with Crippen molar-refractivity contribution in [2.75, 3.05) is 33.2 Å². The van der Waals surface area contributed by atoms with E-state index in [9.17, 15) is 4.79 Å². The van der Waals surface area contributed by atoms with E-state index in [4.69, 9.17) is 11.5 Å². The van der Waals surface area contributed by atoms with Crippen molar-refractivity contribution in [2.45, 2.75) is 6.42 Å². The summed E-state index contributed by atoms with van der Waals surface area (Å²) in [4.78, 5) is 18.4. The van der Waals surface area contributed by atoms with Gasteiger partial charge in [-0.05, 0) is 6.42 Å². The SMILES string of the molecule is CN=C(N)N1CCCN(C(N)=O)CC1. The number of hydrogen-bond acceptors (Lipinski definition) is 2. The molecule has 1 rings (SSSR count). The summed E-state index contributed by atoms with van der Waals surface area (Å²) in [6.45, 7) is 2.84. The summed E-state index contributed by atoms with van der Waals surface area (Å²) < 4.78 is 0. The average molecular weight is 199 g/mol. The van der Waals surface area contributed by atoms with Crippen molar-refractivity contribution >= 4 is 12.0 Å². The Labute approximate surface area is 83.5 Å². The molecule has 0 aromatic rings. The molecule has 1 aliphatic heterocycles. The van der Waals surface area contributed by atoms with Crippen LogP contribution in [0, 0.1) is 0 Å². The summed E-state index contributed by atoms with van der Waals surface area (Å²) in [6, 6.07) is -0.362. The number of carbonyl (C=O) groups excluding carboxylic acids is 1. The number of amides is 2. The summed E-state index contributed by atoms with van der Waals surface area (Å²) >= 11 is 0. The van der Waals surface area contributed by atoms with E-state index in [2.05, 4.69) is 4.99 Å². The topological polar surface area (TPSA) is 87.9 Å². The molecule has 0 bridgehead atoms. The molecule has 6 nitrogen and oxygen atoms in total. The third-order valence-electron chi connectivity index (χ3n) is 2.36. The highest BCUT2D eigenvalue weighted by Gasteiger charge is 2.17. The van der Waals surface area contributed by atoms with Gasteiger partial charge in [-0.15, -0.1) is 0 Å². The fourth-order valence-electron chi connectivity index (χ4n) is 1.51. The van der Waals surface area contributed by atoms with Gasteiger partial charge in [0.25, 0.3) is 0 Å². The number of nitrogens with zero attached hydrogens (tertiary/aromatic N) is 3. The van der Waals surface area contributed by atoms with Crippen LogP contribution in [-0.2, 0) is 0 Å². The Kier molecular flexibility index (Phi) is 3.55. The first-order chi connectivity index (χ1) is 6.65. The van der Waals surface area contributed by atoms with Crippen LogP contribution in [-0.4, -0.2) is 55.0 Å². The molecule has 2 amide bonds. The summed E-state index contributed by atoms with van der Waals surface area (Å²) in [5.74, 6) is 0.524. The van der Waals surface area contributed by atoms with E-state index >= 15 is 0 Å². The van der Waals surface area contributed by atoms with E-state index < -0.39 is 0 Å². The minimum atomic E-state index is -0.362. The Hall–Kier alpha value is -1.46. The highest BCUT2D eigenvalue weighted by molar-refractivity contribution is 5.78. The van der Waals surface area contributed by atoms with Gasteiger partial charge in [-0.3, -0.25) is 4.99 Å². The minimum absolute atomic E-state index is 0.362. The lowest BCUT2D eigenvalue weighted by Gasteiger charge is -2.21. The molecule has 6 heteroatoms. The van der Waals surface area contributed by atoms with Crippen LogP contribution < -0.4 is 11.5 Å². The summed E-state index contributed by atoms with van der Waals surface area (Å²) in [7, 11) is 1.66. The normalized spacial score (nSPS) is 19.4. The fraction of sp³-hybridized carbons (Fsp3) is 0.750. The number of carbonyl (C=O) groups is 1. The van der Waals surface area contributed by atoms with Crippen molar-refractivity contribution in [3.63, 3.8) is 0 Å².